The summed E-state index contributed by atoms with van der Waals surface area (Å²) in [6.07, 6.45) is 2.02. The van der Waals surface area contributed by atoms with Crippen molar-refractivity contribution < 1.29 is 5.11 Å². The SMILES string of the molecule is Cn1cc(C(O)C#N)cn1. The topological polar surface area (TPSA) is 61.8 Å². The van der Waals surface area contributed by atoms with E-state index < -0.39 is 6.10 Å². The molecule has 1 heterocycles. The lowest BCUT2D eigenvalue weighted by Gasteiger charge is -1.92. The summed E-state index contributed by atoms with van der Waals surface area (Å²) in [4.78, 5) is 0. The third kappa shape index (κ3) is 1.14. The molecule has 0 fully saturated rings. The molecule has 1 rings (SSSR count). The van der Waals surface area contributed by atoms with Crippen molar-refractivity contribution in [1.82, 2.24) is 9.78 Å². The van der Waals surface area contributed by atoms with Gasteiger partial charge in [-0.05, 0) is 0 Å². The number of aryl methyl sites for hydroxylation is 1. The number of hydrogen-bond donors (Lipinski definition) is 1. The van der Waals surface area contributed by atoms with Crippen molar-refractivity contribution in [1.29, 1.82) is 5.26 Å². The zero-order valence-corrected chi connectivity index (χ0v) is 5.52. The van der Waals surface area contributed by atoms with Gasteiger partial charge < -0.3 is 5.11 Å². The van der Waals surface area contributed by atoms with E-state index in [1.807, 2.05) is 0 Å². The molecule has 0 bridgehead atoms. The van der Waals surface area contributed by atoms with Crippen LogP contribution < -0.4 is 0 Å². The van der Waals surface area contributed by atoms with Crippen LogP contribution in [0.1, 0.15) is 11.7 Å². The second kappa shape index (κ2) is 2.50. The number of aliphatic hydroxyl groups is 1. The van der Waals surface area contributed by atoms with Gasteiger partial charge in [0.05, 0.1) is 12.3 Å². The van der Waals surface area contributed by atoms with E-state index in [1.54, 1.807) is 19.3 Å². The Morgan fingerprint density at radius 1 is 1.90 bits per heavy atom. The van der Waals surface area contributed by atoms with Crippen molar-refractivity contribution in [2.45, 2.75) is 6.10 Å². The van der Waals surface area contributed by atoms with Gasteiger partial charge in [0.15, 0.2) is 6.10 Å². The summed E-state index contributed by atoms with van der Waals surface area (Å²) in [6, 6.07) is 1.70. The highest BCUT2D eigenvalue weighted by atomic mass is 16.3. The Labute approximate surface area is 58.3 Å². The summed E-state index contributed by atoms with van der Waals surface area (Å²) in [7, 11) is 1.73. The number of nitrogens with zero attached hydrogens (tertiary/aromatic N) is 3. The van der Waals surface area contributed by atoms with Gasteiger partial charge in [0.2, 0.25) is 0 Å². The molecule has 10 heavy (non-hydrogen) atoms. The van der Waals surface area contributed by atoms with Crippen LogP contribution in [-0.2, 0) is 7.05 Å². The molecule has 0 radical (unpaired) electrons. The van der Waals surface area contributed by atoms with Crippen LogP contribution in [0, 0.1) is 11.3 Å². The standard InChI is InChI=1S/C6H7N3O/c1-9-4-5(3-8-9)6(10)2-7/h3-4,6,10H,1H3. The lowest BCUT2D eigenvalue weighted by Crippen LogP contribution is -1.90. The van der Waals surface area contributed by atoms with Crippen molar-refractivity contribution in [3.05, 3.63) is 18.0 Å². The minimum Gasteiger partial charge on any atom is -0.374 e. The zero-order chi connectivity index (χ0) is 7.56. The van der Waals surface area contributed by atoms with E-state index in [-0.39, 0.29) is 0 Å². The van der Waals surface area contributed by atoms with E-state index in [4.69, 9.17) is 10.4 Å². The molecule has 0 saturated carbocycles. The summed E-state index contributed by atoms with van der Waals surface area (Å²) >= 11 is 0. The first-order valence-electron chi connectivity index (χ1n) is 2.80. The Morgan fingerprint density at radius 3 is 3.00 bits per heavy atom. The van der Waals surface area contributed by atoms with Crippen LogP contribution >= 0.6 is 0 Å². The fraction of sp³-hybridized carbons (Fsp3) is 0.333. The van der Waals surface area contributed by atoms with Gasteiger partial charge in [-0.15, -0.1) is 0 Å². The molecule has 1 unspecified atom stereocenters. The number of aliphatic hydroxyl groups excluding tert-OH is 1. The first-order chi connectivity index (χ1) is 4.74. The molecular formula is C6H7N3O. The van der Waals surface area contributed by atoms with Gasteiger partial charge in [-0.3, -0.25) is 4.68 Å². The molecule has 0 aliphatic carbocycles. The van der Waals surface area contributed by atoms with Gasteiger partial charge in [-0.1, -0.05) is 0 Å². The molecule has 52 valence electrons. The molecule has 0 aliphatic rings. The Balaban J connectivity index is 2.87. The van der Waals surface area contributed by atoms with Crippen LogP contribution in [0.3, 0.4) is 0 Å². The van der Waals surface area contributed by atoms with Crippen molar-refractivity contribution in [2.75, 3.05) is 0 Å². The first kappa shape index (κ1) is 6.78. The Bertz CT molecular complexity index is 260. The number of nitriles is 1. The van der Waals surface area contributed by atoms with Crippen LogP contribution in [0.25, 0.3) is 0 Å². The summed E-state index contributed by atoms with van der Waals surface area (Å²) < 4.78 is 1.54. The van der Waals surface area contributed by atoms with Gasteiger partial charge in [0.1, 0.15) is 0 Å². The van der Waals surface area contributed by atoms with Crippen molar-refractivity contribution in [2.24, 2.45) is 7.05 Å². The van der Waals surface area contributed by atoms with Crippen LogP contribution in [0.15, 0.2) is 12.4 Å². The average Bonchev–Trinajstić information content (AvgIpc) is 2.34. The first-order valence-corrected chi connectivity index (χ1v) is 2.80. The van der Waals surface area contributed by atoms with Crippen LogP contribution in [0.5, 0.6) is 0 Å². The second-order valence-electron chi connectivity index (χ2n) is 1.98. The summed E-state index contributed by atoms with van der Waals surface area (Å²) in [5.74, 6) is 0. The van der Waals surface area contributed by atoms with Gasteiger partial charge in [-0.2, -0.15) is 10.4 Å². The minimum absolute atomic E-state index is 0.532. The smallest absolute Gasteiger partial charge is 0.168 e. The molecule has 4 nitrogen and oxygen atoms in total. The lowest BCUT2D eigenvalue weighted by atomic mass is 10.2. The number of rotatable bonds is 1. The summed E-state index contributed by atoms with van der Waals surface area (Å²) in [6.45, 7) is 0. The van der Waals surface area contributed by atoms with Crippen LogP contribution in [-0.4, -0.2) is 14.9 Å². The van der Waals surface area contributed by atoms with Crippen molar-refractivity contribution in [3.8, 4) is 6.07 Å². The third-order valence-corrected chi connectivity index (χ3v) is 1.16. The summed E-state index contributed by atoms with van der Waals surface area (Å²) in [5, 5.41) is 21.0. The highest BCUT2D eigenvalue weighted by Gasteiger charge is 2.05. The maximum atomic E-state index is 8.93. The minimum atomic E-state index is -1.05. The Kier molecular flexibility index (Phi) is 1.69. The normalized spacial score (nSPS) is 12.5. The molecule has 0 aromatic carbocycles. The molecule has 4 heteroatoms. The van der Waals surface area contributed by atoms with E-state index >= 15 is 0 Å². The monoisotopic (exact) mass is 137 g/mol. The molecular weight excluding hydrogens is 130 g/mol. The number of hydrogen-bond acceptors (Lipinski definition) is 3. The van der Waals surface area contributed by atoms with Crippen molar-refractivity contribution in [3.63, 3.8) is 0 Å². The highest BCUT2D eigenvalue weighted by Crippen LogP contribution is 2.08. The molecule has 0 saturated heterocycles. The fourth-order valence-corrected chi connectivity index (χ4v) is 0.656. The predicted molar refractivity (Wildman–Crippen MR) is 33.8 cm³/mol. The van der Waals surface area contributed by atoms with Crippen LogP contribution in [0.4, 0.5) is 0 Å². The van der Waals surface area contributed by atoms with Gasteiger partial charge in [0, 0.05) is 18.8 Å². The molecule has 0 spiro atoms. The van der Waals surface area contributed by atoms with Crippen molar-refractivity contribution >= 4 is 0 Å². The molecule has 1 aromatic heterocycles. The van der Waals surface area contributed by atoms with Crippen LogP contribution in [0.2, 0.25) is 0 Å². The maximum absolute atomic E-state index is 8.93. The van der Waals surface area contributed by atoms with Gasteiger partial charge in [0.25, 0.3) is 0 Å². The molecule has 0 aliphatic heterocycles. The van der Waals surface area contributed by atoms with Gasteiger partial charge in [-0.25, -0.2) is 0 Å². The third-order valence-electron chi connectivity index (χ3n) is 1.16. The van der Waals surface area contributed by atoms with E-state index in [9.17, 15) is 0 Å². The number of aromatic nitrogens is 2. The van der Waals surface area contributed by atoms with E-state index in [1.165, 1.54) is 10.9 Å². The van der Waals surface area contributed by atoms with Gasteiger partial charge >= 0.3 is 0 Å². The summed E-state index contributed by atoms with van der Waals surface area (Å²) in [5.41, 5.74) is 0.532. The second-order valence-corrected chi connectivity index (χ2v) is 1.98. The molecule has 1 N–H and O–H groups in total. The lowest BCUT2D eigenvalue weighted by molar-refractivity contribution is 0.236. The largest absolute Gasteiger partial charge is 0.374 e. The van der Waals surface area contributed by atoms with E-state index in [0.717, 1.165) is 0 Å². The average molecular weight is 137 g/mol. The Morgan fingerprint density at radius 2 is 2.60 bits per heavy atom. The van der Waals surface area contributed by atoms with E-state index in [2.05, 4.69) is 5.10 Å². The molecule has 1 atom stereocenters. The fourth-order valence-electron chi connectivity index (χ4n) is 0.656. The predicted octanol–water partition coefficient (Wildman–Crippen LogP) is -0.0229. The quantitative estimate of drug-likeness (QED) is 0.553. The molecule has 1 aromatic rings. The Hall–Kier alpha value is -1.34. The highest BCUT2D eigenvalue weighted by molar-refractivity contribution is 5.14. The maximum Gasteiger partial charge on any atom is 0.168 e. The van der Waals surface area contributed by atoms with E-state index in [0.29, 0.717) is 5.56 Å². The molecule has 0 amide bonds. The zero-order valence-electron chi connectivity index (χ0n) is 5.52.